The second-order valence-corrected chi connectivity index (χ2v) is 5.13. The maximum atomic E-state index is 11.0. The summed E-state index contributed by atoms with van der Waals surface area (Å²) in [5.74, 6) is 0.843. The first-order valence-corrected chi connectivity index (χ1v) is 6.88. The summed E-state index contributed by atoms with van der Waals surface area (Å²) in [5.41, 5.74) is 0.820. The van der Waals surface area contributed by atoms with Gasteiger partial charge in [-0.25, -0.2) is 4.98 Å². The highest BCUT2D eigenvalue weighted by Gasteiger charge is 2.25. The lowest BCUT2D eigenvalue weighted by atomic mass is 9.97. The topological polar surface area (TPSA) is 92.4 Å². The predicted molar refractivity (Wildman–Crippen MR) is 74.8 cm³/mol. The smallest absolute Gasteiger partial charge is 0.306 e. The Bertz CT molecular complexity index is 647. The van der Waals surface area contributed by atoms with Crippen LogP contribution in [-0.2, 0) is 4.79 Å². The minimum Gasteiger partial charge on any atom is -0.481 e. The van der Waals surface area contributed by atoms with Crippen LogP contribution in [0.5, 0.6) is 0 Å². The number of rotatable bonds is 3. The number of nitrogens with zero attached hydrogens (tertiary/aromatic N) is 4. The van der Waals surface area contributed by atoms with Crippen molar-refractivity contribution in [1.29, 1.82) is 0 Å². The van der Waals surface area contributed by atoms with Gasteiger partial charge < -0.3 is 14.4 Å². The summed E-state index contributed by atoms with van der Waals surface area (Å²) in [6.07, 6.45) is 2.98. The van der Waals surface area contributed by atoms with Crippen molar-refractivity contribution in [2.45, 2.75) is 19.8 Å². The largest absolute Gasteiger partial charge is 0.481 e. The molecular weight excluding hydrogens is 272 g/mol. The molecule has 0 aliphatic carbocycles. The Kier molecular flexibility index (Phi) is 3.55. The zero-order chi connectivity index (χ0) is 14.8. The first-order chi connectivity index (χ1) is 10.1. The van der Waals surface area contributed by atoms with E-state index in [-0.39, 0.29) is 5.92 Å². The summed E-state index contributed by atoms with van der Waals surface area (Å²) >= 11 is 0. The van der Waals surface area contributed by atoms with Crippen molar-refractivity contribution in [2.75, 3.05) is 18.0 Å². The van der Waals surface area contributed by atoms with Crippen LogP contribution in [0.4, 0.5) is 5.82 Å². The van der Waals surface area contributed by atoms with E-state index in [1.807, 2.05) is 12.1 Å². The standard InChI is InChI=1S/C14H16N4O3/c1-9-16-17-13(21-9)11-2-5-15-12(8-11)18-6-3-10(4-7-18)14(19)20/h2,5,8,10H,3-4,6-7H2,1H3,(H,19,20). The van der Waals surface area contributed by atoms with Crippen LogP contribution in [0.25, 0.3) is 11.5 Å². The molecule has 0 atom stereocenters. The zero-order valence-electron chi connectivity index (χ0n) is 11.7. The Balaban J connectivity index is 1.76. The molecule has 1 aliphatic rings. The fourth-order valence-corrected chi connectivity index (χ4v) is 2.49. The second kappa shape index (κ2) is 5.51. The highest BCUT2D eigenvalue weighted by atomic mass is 16.4. The van der Waals surface area contributed by atoms with Gasteiger partial charge in [-0.2, -0.15) is 0 Å². The van der Waals surface area contributed by atoms with Gasteiger partial charge in [0.05, 0.1) is 5.92 Å². The molecular formula is C14H16N4O3. The quantitative estimate of drug-likeness (QED) is 0.919. The van der Waals surface area contributed by atoms with Crippen LogP contribution in [0.2, 0.25) is 0 Å². The van der Waals surface area contributed by atoms with Gasteiger partial charge in [-0.15, -0.1) is 10.2 Å². The van der Waals surface area contributed by atoms with Crippen molar-refractivity contribution in [2.24, 2.45) is 5.92 Å². The molecule has 1 fully saturated rings. The van der Waals surface area contributed by atoms with Gasteiger partial charge >= 0.3 is 5.97 Å². The van der Waals surface area contributed by atoms with Crippen LogP contribution in [0.15, 0.2) is 22.7 Å². The number of anilines is 1. The van der Waals surface area contributed by atoms with E-state index < -0.39 is 5.97 Å². The molecule has 0 bridgehead atoms. The number of piperidine rings is 1. The van der Waals surface area contributed by atoms with Crippen LogP contribution >= 0.6 is 0 Å². The van der Waals surface area contributed by atoms with E-state index in [2.05, 4.69) is 20.1 Å². The van der Waals surface area contributed by atoms with Gasteiger partial charge in [-0.05, 0) is 25.0 Å². The first-order valence-electron chi connectivity index (χ1n) is 6.88. The maximum absolute atomic E-state index is 11.0. The maximum Gasteiger partial charge on any atom is 0.306 e. The number of hydrogen-bond acceptors (Lipinski definition) is 6. The number of aromatic nitrogens is 3. The number of hydrogen-bond donors (Lipinski definition) is 1. The van der Waals surface area contributed by atoms with E-state index in [9.17, 15) is 4.79 Å². The lowest BCUT2D eigenvalue weighted by Crippen LogP contribution is -2.36. The minimum absolute atomic E-state index is 0.247. The first kappa shape index (κ1) is 13.5. The molecule has 1 aliphatic heterocycles. The normalized spacial score (nSPS) is 16.1. The third-order valence-corrected chi connectivity index (χ3v) is 3.69. The molecule has 3 heterocycles. The lowest BCUT2D eigenvalue weighted by molar-refractivity contribution is -0.142. The van der Waals surface area contributed by atoms with Crippen LogP contribution in [0.1, 0.15) is 18.7 Å². The molecule has 0 unspecified atom stereocenters. The predicted octanol–water partition coefficient (Wildman–Crippen LogP) is 1.74. The number of aliphatic carboxylic acids is 1. The average molecular weight is 288 g/mol. The molecule has 7 heteroatoms. The zero-order valence-corrected chi connectivity index (χ0v) is 11.7. The minimum atomic E-state index is -0.710. The number of carboxylic acid groups (broad SMARTS) is 1. The van der Waals surface area contributed by atoms with Gasteiger partial charge in [0.15, 0.2) is 0 Å². The van der Waals surface area contributed by atoms with Crippen LogP contribution in [-0.4, -0.2) is 39.3 Å². The summed E-state index contributed by atoms with van der Waals surface area (Å²) in [5, 5.41) is 16.8. The van der Waals surface area contributed by atoms with E-state index in [0.717, 1.165) is 11.4 Å². The van der Waals surface area contributed by atoms with E-state index in [1.54, 1.807) is 13.1 Å². The number of pyridine rings is 1. The Morgan fingerprint density at radius 2 is 2.14 bits per heavy atom. The van der Waals surface area contributed by atoms with E-state index in [0.29, 0.717) is 37.7 Å². The van der Waals surface area contributed by atoms with Crippen LogP contribution < -0.4 is 4.90 Å². The Morgan fingerprint density at radius 1 is 1.38 bits per heavy atom. The molecule has 0 aromatic carbocycles. The highest BCUT2D eigenvalue weighted by molar-refractivity contribution is 5.70. The van der Waals surface area contributed by atoms with Crippen molar-refractivity contribution in [1.82, 2.24) is 15.2 Å². The Hall–Kier alpha value is -2.44. The van der Waals surface area contributed by atoms with E-state index >= 15 is 0 Å². The van der Waals surface area contributed by atoms with Gasteiger partial charge in [-0.3, -0.25) is 4.79 Å². The molecule has 0 radical (unpaired) electrons. The number of carbonyl (C=O) groups is 1. The SMILES string of the molecule is Cc1nnc(-c2ccnc(N3CCC(C(=O)O)CC3)c2)o1. The van der Waals surface area contributed by atoms with Gasteiger partial charge in [0.1, 0.15) is 5.82 Å². The van der Waals surface area contributed by atoms with Crippen molar-refractivity contribution in [3.05, 3.63) is 24.2 Å². The molecule has 3 rings (SSSR count). The molecule has 110 valence electrons. The van der Waals surface area contributed by atoms with Crippen LogP contribution in [0, 0.1) is 12.8 Å². The summed E-state index contributed by atoms with van der Waals surface area (Å²) < 4.78 is 5.41. The highest BCUT2D eigenvalue weighted by Crippen LogP contribution is 2.25. The molecule has 2 aromatic rings. The molecule has 0 amide bonds. The van der Waals surface area contributed by atoms with E-state index in [4.69, 9.17) is 9.52 Å². The molecule has 21 heavy (non-hydrogen) atoms. The van der Waals surface area contributed by atoms with Gasteiger partial charge in [-0.1, -0.05) is 0 Å². The monoisotopic (exact) mass is 288 g/mol. The number of carboxylic acids is 1. The third kappa shape index (κ3) is 2.86. The Labute approximate surface area is 121 Å². The average Bonchev–Trinajstić information content (AvgIpc) is 2.94. The lowest BCUT2D eigenvalue weighted by Gasteiger charge is -2.31. The molecule has 2 aromatic heterocycles. The molecule has 7 nitrogen and oxygen atoms in total. The third-order valence-electron chi connectivity index (χ3n) is 3.69. The molecule has 1 N–H and O–H groups in total. The van der Waals surface area contributed by atoms with Crippen molar-refractivity contribution in [3.63, 3.8) is 0 Å². The van der Waals surface area contributed by atoms with Crippen LogP contribution in [0.3, 0.4) is 0 Å². The summed E-state index contributed by atoms with van der Waals surface area (Å²) in [4.78, 5) is 17.4. The fourth-order valence-electron chi connectivity index (χ4n) is 2.49. The number of aryl methyl sites for hydroxylation is 1. The van der Waals surface area contributed by atoms with Gasteiger partial charge in [0, 0.05) is 31.8 Å². The van der Waals surface area contributed by atoms with Gasteiger partial charge in [0.25, 0.3) is 0 Å². The Morgan fingerprint density at radius 3 is 2.76 bits per heavy atom. The van der Waals surface area contributed by atoms with Crippen molar-refractivity contribution in [3.8, 4) is 11.5 Å². The van der Waals surface area contributed by atoms with E-state index in [1.165, 1.54) is 0 Å². The summed E-state index contributed by atoms with van der Waals surface area (Å²) in [6, 6.07) is 3.72. The second-order valence-electron chi connectivity index (χ2n) is 5.13. The van der Waals surface area contributed by atoms with Crippen molar-refractivity contribution < 1.29 is 14.3 Å². The molecule has 0 saturated carbocycles. The molecule has 1 saturated heterocycles. The van der Waals surface area contributed by atoms with Gasteiger partial charge in [0.2, 0.25) is 11.8 Å². The molecule has 0 spiro atoms. The fraction of sp³-hybridized carbons (Fsp3) is 0.429. The summed E-state index contributed by atoms with van der Waals surface area (Å²) in [7, 11) is 0. The summed E-state index contributed by atoms with van der Waals surface area (Å²) in [6.45, 7) is 3.13. The van der Waals surface area contributed by atoms with Crippen molar-refractivity contribution >= 4 is 11.8 Å².